The molecule has 0 amide bonds. The molecule has 18 heavy (non-hydrogen) atoms. The lowest BCUT2D eigenvalue weighted by atomic mass is 10.1. The number of allylic oxidation sites excluding steroid dienone is 1. The fourth-order valence-corrected chi connectivity index (χ4v) is 1.68. The summed E-state index contributed by atoms with van der Waals surface area (Å²) in [5.41, 5.74) is 1.68. The minimum Gasteiger partial charge on any atom is -0.504 e. The van der Waals surface area contributed by atoms with Crippen LogP contribution in [0, 0.1) is 0 Å². The number of carbonyl (C=O) groups is 1. The molecular weight excluding hydrogens is 230 g/mol. The molecule has 0 bridgehead atoms. The summed E-state index contributed by atoms with van der Waals surface area (Å²) in [4.78, 5) is 14.5. The SMILES string of the molecule is O=C(C=CCO)C(O)=Cc1c[nH]c2ccccc12. The molecular formula is C14H13NO3. The number of hydrogen-bond donors (Lipinski definition) is 3. The highest BCUT2D eigenvalue weighted by atomic mass is 16.3. The second kappa shape index (κ2) is 5.33. The number of aliphatic hydroxyl groups excluding tert-OH is 2. The summed E-state index contributed by atoms with van der Waals surface area (Å²) >= 11 is 0. The largest absolute Gasteiger partial charge is 0.504 e. The quantitative estimate of drug-likeness (QED) is 0.569. The summed E-state index contributed by atoms with van der Waals surface area (Å²) in [7, 11) is 0. The minimum atomic E-state index is -0.533. The zero-order valence-corrected chi connectivity index (χ0v) is 9.63. The van der Waals surface area contributed by atoms with Gasteiger partial charge in [0, 0.05) is 22.7 Å². The van der Waals surface area contributed by atoms with Crippen molar-refractivity contribution in [3.05, 3.63) is 53.9 Å². The molecule has 0 spiro atoms. The molecule has 0 atom stereocenters. The molecule has 2 aromatic rings. The number of ketones is 1. The number of fused-ring (bicyclic) bond motifs is 1. The van der Waals surface area contributed by atoms with Gasteiger partial charge < -0.3 is 15.2 Å². The van der Waals surface area contributed by atoms with Crippen molar-refractivity contribution in [3.8, 4) is 0 Å². The number of benzene rings is 1. The van der Waals surface area contributed by atoms with Gasteiger partial charge in [-0.25, -0.2) is 0 Å². The van der Waals surface area contributed by atoms with Crippen LogP contribution in [0.4, 0.5) is 0 Å². The predicted molar refractivity (Wildman–Crippen MR) is 70.1 cm³/mol. The van der Waals surface area contributed by atoms with E-state index in [0.717, 1.165) is 22.5 Å². The van der Waals surface area contributed by atoms with Gasteiger partial charge in [-0.1, -0.05) is 24.3 Å². The molecule has 0 unspecified atom stereocenters. The van der Waals surface area contributed by atoms with Gasteiger partial charge in [0.25, 0.3) is 0 Å². The molecule has 0 aliphatic heterocycles. The van der Waals surface area contributed by atoms with Crippen LogP contribution in [0.2, 0.25) is 0 Å². The Morgan fingerprint density at radius 1 is 1.33 bits per heavy atom. The lowest BCUT2D eigenvalue weighted by Gasteiger charge is -1.94. The number of aromatic amines is 1. The van der Waals surface area contributed by atoms with E-state index in [1.807, 2.05) is 24.3 Å². The molecule has 3 N–H and O–H groups in total. The molecule has 1 heterocycles. The standard InChI is InChI=1S/C14H13NO3/c16-7-3-6-13(17)14(18)8-10-9-15-12-5-2-1-4-11(10)12/h1-6,8-9,15-16,18H,7H2. The number of aromatic nitrogens is 1. The Hall–Kier alpha value is -2.33. The fraction of sp³-hybridized carbons (Fsp3) is 0.0714. The van der Waals surface area contributed by atoms with Gasteiger partial charge in [-0.2, -0.15) is 0 Å². The van der Waals surface area contributed by atoms with Crippen molar-refractivity contribution in [1.29, 1.82) is 0 Å². The van der Waals surface area contributed by atoms with Gasteiger partial charge in [0.15, 0.2) is 5.76 Å². The number of aliphatic hydroxyl groups is 2. The summed E-state index contributed by atoms with van der Waals surface area (Å²) < 4.78 is 0. The zero-order chi connectivity index (χ0) is 13.0. The smallest absolute Gasteiger partial charge is 0.219 e. The molecule has 0 radical (unpaired) electrons. The van der Waals surface area contributed by atoms with E-state index in [2.05, 4.69) is 4.98 Å². The van der Waals surface area contributed by atoms with E-state index in [0.29, 0.717) is 0 Å². The van der Waals surface area contributed by atoms with Crippen LogP contribution >= 0.6 is 0 Å². The first-order chi connectivity index (χ1) is 8.72. The summed E-state index contributed by atoms with van der Waals surface area (Å²) in [5.74, 6) is -0.890. The summed E-state index contributed by atoms with van der Waals surface area (Å²) in [6.07, 6.45) is 5.55. The van der Waals surface area contributed by atoms with Crippen molar-refractivity contribution in [2.45, 2.75) is 0 Å². The van der Waals surface area contributed by atoms with Crippen LogP contribution in [0.15, 0.2) is 48.4 Å². The van der Waals surface area contributed by atoms with Gasteiger partial charge in [0.1, 0.15) is 0 Å². The maximum atomic E-state index is 11.4. The van der Waals surface area contributed by atoms with Crippen molar-refractivity contribution < 1.29 is 15.0 Å². The average Bonchev–Trinajstić information content (AvgIpc) is 2.79. The predicted octanol–water partition coefficient (Wildman–Crippen LogP) is 2.18. The maximum absolute atomic E-state index is 11.4. The molecule has 1 aromatic carbocycles. The Balaban J connectivity index is 2.32. The van der Waals surface area contributed by atoms with E-state index in [1.54, 1.807) is 6.20 Å². The number of para-hydroxylation sites is 1. The molecule has 0 saturated heterocycles. The topological polar surface area (TPSA) is 73.3 Å². The van der Waals surface area contributed by atoms with Crippen molar-refractivity contribution in [2.24, 2.45) is 0 Å². The lowest BCUT2D eigenvalue weighted by molar-refractivity contribution is -0.113. The molecule has 1 aromatic heterocycles. The molecule has 0 fully saturated rings. The van der Waals surface area contributed by atoms with Gasteiger partial charge in [-0.05, 0) is 18.2 Å². The van der Waals surface area contributed by atoms with Crippen LogP contribution in [0.3, 0.4) is 0 Å². The highest BCUT2D eigenvalue weighted by Crippen LogP contribution is 2.19. The molecule has 0 aliphatic carbocycles. The van der Waals surface area contributed by atoms with Crippen molar-refractivity contribution in [2.75, 3.05) is 6.61 Å². The summed E-state index contributed by atoms with van der Waals surface area (Å²) in [6, 6.07) is 7.61. The van der Waals surface area contributed by atoms with Crippen LogP contribution in [0.25, 0.3) is 17.0 Å². The Morgan fingerprint density at radius 3 is 2.89 bits per heavy atom. The highest BCUT2D eigenvalue weighted by Gasteiger charge is 2.06. The first kappa shape index (κ1) is 12.1. The van der Waals surface area contributed by atoms with E-state index in [9.17, 15) is 9.90 Å². The van der Waals surface area contributed by atoms with Gasteiger partial charge >= 0.3 is 0 Å². The number of rotatable bonds is 4. The molecule has 0 aliphatic rings. The Morgan fingerprint density at radius 2 is 2.11 bits per heavy atom. The number of hydrogen-bond acceptors (Lipinski definition) is 3. The summed E-state index contributed by atoms with van der Waals surface area (Å²) in [5, 5.41) is 19.1. The third kappa shape index (κ3) is 2.49. The Bertz CT molecular complexity index is 623. The molecule has 2 rings (SSSR count). The Labute approximate surface area is 104 Å². The van der Waals surface area contributed by atoms with E-state index in [4.69, 9.17) is 5.11 Å². The number of nitrogens with one attached hydrogen (secondary N) is 1. The van der Waals surface area contributed by atoms with E-state index < -0.39 is 5.78 Å². The van der Waals surface area contributed by atoms with Gasteiger partial charge in [0.2, 0.25) is 5.78 Å². The maximum Gasteiger partial charge on any atom is 0.219 e. The normalized spacial score (nSPS) is 12.4. The van der Waals surface area contributed by atoms with Crippen molar-refractivity contribution in [3.63, 3.8) is 0 Å². The zero-order valence-electron chi connectivity index (χ0n) is 9.63. The van der Waals surface area contributed by atoms with Gasteiger partial charge in [-0.15, -0.1) is 0 Å². The molecule has 92 valence electrons. The lowest BCUT2D eigenvalue weighted by Crippen LogP contribution is -1.97. The van der Waals surface area contributed by atoms with Crippen LogP contribution in [-0.2, 0) is 4.79 Å². The average molecular weight is 243 g/mol. The second-order valence-corrected chi connectivity index (χ2v) is 3.77. The highest BCUT2D eigenvalue weighted by molar-refractivity contribution is 6.06. The molecule has 0 saturated carbocycles. The van der Waals surface area contributed by atoms with E-state index in [1.165, 1.54) is 12.2 Å². The molecule has 4 nitrogen and oxygen atoms in total. The molecule has 4 heteroatoms. The first-order valence-corrected chi connectivity index (χ1v) is 5.51. The van der Waals surface area contributed by atoms with Crippen LogP contribution in [0.1, 0.15) is 5.56 Å². The van der Waals surface area contributed by atoms with Crippen LogP contribution in [-0.4, -0.2) is 27.6 Å². The fourth-order valence-electron chi connectivity index (χ4n) is 1.68. The second-order valence-electron chi connectivity index (χ2n) is 3.77. The van der Waals surface area contributed by atoms with Crippen LogP contribution in [0.5, 0.6) is 0 Å². The number of carbonyl (C=O) groups excluding carboxylic acids is 1. The van der Waals surface area contributed by atoms with E-state index >= 15 is 0 Å². The summed E-state index contributed by atoms with van der Waals surface area (Å²) in [6.45, 7) is -0.230. The minimum absolute atomic E-state index is 0.230. The van der Waals surface area contributed by atoms with Crippen molar-refractivity contribution >= 4 is 22.8 Å². The number of H-pyrrole nitrogens is 1. The van der Waals surface area contributed by atoms with Gasteiger partial charge in [-0.3, -0.25) is 4.79 Å². The Kier molecular flexibility index (Phi) is 3.60. The van der Waals surface area contributed by atoms with Crippen molar-refractivity contribution in [1.82, 2.24) is 4.98 Å². The van der Waals surface area contributed by atoms with Gasteiger partial charge in [0.05, 0.1) is 6.61 Å². The van der Waals surface area contributed by atoms with Crippen LogP contribution < -0.4 is 0 Å². The third-order valence-electron chi connectivity index (χ3n) is 2.54. The first-order valence-electron chi connectivity index (χ1n) is 5.51. The monoisotopic (exact) mass is 243 g/mol. The van der Waals surface area contributed by atoms with E-state index in [-0.39, 0.29) is 12.4 Å². The third-order valence-corrected chi connectivity index (χ3v) is 2.54.